The van der Waals surface area contributed by atoms with Crippen molar-refractivity contribution in [1.82, 2.24) is 4.68 Å². The van der Waals surface area contributed by atoms with Gasteiger partial charge in [0.25, 0.3) is 0 Å². The molecule has 6 heteroatoms. The van der Waals surface area contributed by atoms with E-state index in [9.17, 15) is 9.59 Å². The van der Waals surface area contributed by atoms with Crippen LogP contribution >= 0.6 is 0 Å². The smallest absolute Gasteiger partial charge is 0.357 e. The second kappa shape index (κ2) is 5.34. The Morgan fingerprint density at radius 3 is 2.37 bits per heavy atom. The summed E-state index contributed by atoms with van der Waals surface area (Å²) in [5.74, 6) is 5.04. The predicted molar refractivity (Wildman–Crippen MR) is 68.5 cm³/mol. The van der Waals surface area contributed by atoms with Crippen molar-refractivity contribution < 1.29 is 19.1 Å². The summed E-state index contributed by atoms with van der Waals surface area (Å²) in [6.45, 7) is 4.02. The number of carbonyl (C=O) groups is 2. The van der Waals surface area contributed by atoms with Crippen molar-refractivity contribution in [3.8, 4) is 0 Å². The van der Waals surface area contributed by atoms with Crippen molar-refractivity contribution in [1.29, 1.82) is 0 Å². The molecule has 1 aliphatic rings. The normalized spacial score (nSPS) is 14.2. The molecule has 1 heterocycles. The summed E-state index contributed by atoms with van der Waals surface area (Å²) in [6, 6.07) is 0. The zero-order valence-electron chi connectivity index (χ0n) is 11.1. The first kappa shape index (κ1) is 13.5. The fraction of sp³-hybridized carbons (Fsp3) is 0.538. The van der Waals surface area contributed by atoms with E-state index in [1.165, 1.54) is 6.20 Å². The summed E-state index contributed by atoms with van der Waals surface area (Å²) < 4.78 is 11.1. The summed E-state index contributed by atoms with van der Waals surface area (Å²) in [4.78, 5) is 23.8. The first-order valence-electron chi connectivity index (χ1n) is 6.44. The molecule has 2 rings (SSSR count). The minimum atomic E-state index is -0.498. The van der Waals surface area contributed by atoms with E-state index in [-0.39, 0.29) is 24.8 Å². The molecular weight excluding hydrogens is 248 g/mol. The van der Waals surface area contributed by atoms with E-state index < -0.39 is 11.9 Å². The highest BCUT2D eigenvalue weighted by atomic mass is 16.5. The summed E-state index contributed by atoms with van der Waals surface area (Å²) in [5, 5.41) is 0. The number of hydrogen-bond donors (Lipinski definition) is 1. The van der Waals surface area contributed by atoms with Crippen LogP contribution in [0, 0.1) is 0 Å². The van der Waals surface area contributed by atoms with Crippen LogP contribution in [0.3, 0.4) is 0 Å². The first-order valence-corrected chi connectivity index (χ1v) is 6.44. The zero-order valence-corrected chi connectivity index (χ0v) is 11.1. The number of carbonyl (C=O) groups excluding carboxylic acids is 2. The van der Waals surface area contributed by atoms with Crippen LogP contribution in [0.15, 0.2) is 6.20 Å². The molecule has 0 aromatic carbocycles. The van der Waals surface area contributed by atoms with Gasteiger partial charge in [-0.15, -0.1) is 0 Å². The van der Waals surface area contributed by atoms with Crippen LogP contribution in [0.1, 0.15) is 59.0 Å². The van der Waals surface area contributed by atoms with Gasteiger partial charge >= 0.3 is 11.9 Å². The van der Waals surface area contributed by atoms with Crippen molar-refractivity contribution >= 4 is 11.9 Å². The third-order valence-electron chi connectivity index (χ3n) is 3.02. The van der Waals surface area contributed by atoms with Crippen LogP contribution in [0.4, 0.5) is 0 Å². The molecule has 1 aliphatic carbocycles. The van der Waals surface area contributed by atoms with Crippen molar-refractivity contribution in [3.05, 3.63) is 23.0 Å². The molecule has 0 aliphatic heterocycles. The Morgan fingerprint density at radius 2 is 1.84 bits per heavy atom. The molecule has 19 heavy (non-hydrogen) atoms. The van der Waals surface area contributed by atoms with E-state index in [1.807, 2.05) is 0 Å². The van der Waals surface area contributed by atoms with E-state index >= 15 is 0 Å². The molecule has 0 bridgehead atoms. The maximum atomic E-state index is 11.9. The van der Waals surface area contributed by atoms with Gasteiger partial charge in [-0.25, -0.2) is 9.59 Å². The van der Waals surface area contributed by atoms with Gasteiger partial charge < -0.3 is 15.3 Å². The van der Waals surface area contributed by atoms with Crippen molar-refractivity contribution in [2.75, 3.05) is 19.1 Å². The number of nitrogen functional groups attached to an aromatic ring is 1. The zero-order chi connectivity index (χ0) is 14.0. The Hall–Kier alpha value is -1.98. The standard InChI is InChI=1S/C13H18N2O4/c1-3-18-12(16)9-7-15(14)11(13(17)19-4-2)10(9)8-5-6-8/h7-8H,3-6,14H2,1-2H3. The van der Waals surface area contributed by atoms with Gasteiger partial charge in [0.2, 0.25) is 0 Å². The molecule has 1 saturated carbocycles. The second-order valence-corrected chi connectivity index (χ2v) is 4.43. The Morgan fingerprint density at radius 1 is 1.26 bits per heavy atom. The number of esters is 2. The van der Waals surface area contributed by atoms with Crippen molar-refractivity contribution in [2.24, 2.45) is 0 Å². The largest absolute Gasteiger partial charge is 0.462 e. The molecule has 6 nitrogen and oxygen atoms in total. The van der Waals surface area contributed by atoms with Gasteiger partial charge in [-0.3, -0.25) is 4.68 Å². The average Bonchev–Trinajstić information content (AvgIpc) is 3.13. The molecule has 0 atom stereocenters. The van der Waals surface area contributed by atoms with Crippen molar-refractivity contribution in [3.63, 3.8) is 0 Å². The van der Waals surface area contributed by atoms with Gasteiger partial charge in [-0.2, -0.15) is 0 Å². The number of hydrogen-bond acceptors (Lipinski definition) is 5. The van der Waals surface area contributed by atoms with Crippen LogP contribution < -0.4 is 5.84 Å². The van der Waals surface area contributed by atoms with E-state index in [4.69, 9.17) is 15.3 Å². The van der Waals surface area contributed by atoms with Gasteiger partial charge in [-0.1, -0.05) is 0 Å². The lowest BCUT2D eigenvalue weighted by atomic mass is 10.1. The third-order valence-corrected chi connectivity index (χ3v) is 3.02. The topological polar surface area (TPSA) is 83.5 Å². The SMILES string of the molecule is CCOC(=O)c1cn(N)c(C(=O)OCC)c1C1CC1. The molecule has 1 fully saturated rings. The van der Waals surface area contributed by atoms with Crippen LogP contribution in [0.25, 0.3) is 0 Å². The van der Waals surface area contributed by atoms with E-state index in [0.717, 1.165) is 17.5 Å². The van der Waals surface area contributed by atoms with Crippen LogP contribution in [0.5, 0.6) is 0 Å². The fourth-order valence-corrected chi connectivity index (χ4v) is 2.11. The highest BCUT2D eigenvalue weighted by Crippen LogP contribution is 2.44. The monoisotopic (exact) mass is 266 g/mol. The number of ether oxygens (including phenoxy) is 2. The minimum Gasteiger partial charge on any atom is -0.462 e. The molecule has 0 spiro atoms. The van der Waals surface area contributed by atoms with Gasteiger partial charge in [0.05, 0.1) is 18.8 Å². The van der Waals surface area contributed by atoms with Gasteiger partial charge in [0.1, 0.15) is 0 Å². The summed E-state index contributed by atoms with van der Waals surface area (Å²) in [6.07, 6.45) is 3.34. The van der Waals surface area contributed by atoms with Crippen LogP contribution in [-0.4, -0.2) is 29.8 Å². The minimum absolute atomic E-state index is 0.198. The van der Waals surface area contributed by atoms with E-state index in [1.54, 1.807) is 13.8 Å². The number of aromatic nitrogens is 1. The summed E-state index contributed by atoms with van der Waals surface area (Å²) >= 11 is 0. The molecular formula is C13H18N2O4. The quantitative estimate of drug-likeness (QED) is 0.644. The van der Waals surface area contributed by atoms with E-state index in [0.29, 0.717) is 11.1 Å². The predicted octanol–water partition coefficient (Wildman–Crippen LogP) is 1.43. The van der Waals surface area contributed by atoms with Gasteiger partial charge in [0, 0.05) is 11.8 Å². The first-order chi connectivity index (χ1) is 9.10. The van der Waals surface area contributed by atoms with Crippen LogP contribution in [0.2, 0.25) is 0 Å². The molecule has 0 unspecified atom stereocenters. The second-order valence-electron chi connectivity index (χ2n) is 4.43. The van der Waals surface area contributed by atoms with Crippen LogP contribution in [-0.2, 0) is 9.47 Å². The summed E-state index contributed by atoms with van der Waals surface area (Å²) in [7, 11) is 0. The molecule has 1 aromatic heterocycles. The number of rotatable bonds is 5. The molecule has 0 saturated heterocycles. The lowest BCUT2D eigenvalue weighted by Crippen LogP contribution is -2.18. The Kier molecular flexibility index (Phi) is 3.78. The highest BCUT2D eigenvalue weighted by molar-refractivity contribution is 5.98. The Labute approximate surface area is 111 Å². The Balaban J connectivity index is 2.42. The molecule has 0 radical (unpaired) electrons. The Bertz CT molecular complexity index is 503. The highest BCUT2D eigenvalue weighted by Gasteiger charge is 2.36. The molecule has 0 amide bonds. The van der Waals surface area contributed by atoms with Crippen molar-refractivity contribution in [2.45, 2.75) is 32.6 Å². The molecule has 2 N–H and O–H groups in total. The third kappa shape index (κ3) is 2.57. The maximum Gasteiger partial charge on any atom is 0.357 e. The van der Waals surface area contributed by atoms with Gasteiger partial charge in [-0.05, 0) is 32.6 Å². The molecule has 104 valence electrons. The van der Waals surface area contributed by atoms with Gasteiger partial charge in [0.15, 0.2) is 5.69 Å². The molecule has 1 aromatic rings. The summed E-state index contributed by atoms with van der Waals surface area (Å²) in [5.41, 5.74) is 1.29. The maximum absolute atomic E-state index is 11.9. The lowest BCUT2D eigenvalue weighted by Gasteiger charge is -2.07. The number of nitrogens with two attached hydrogens (primary N) is 1. The lowest BCUT2D eigenvalue weighted by molar-refractivity contribution is 0.0514. The fourth-order valence-electron chi connectivity index (χ4n) is 2.11. The average molecular weight is 266 g/mol. The number of nitrogens with zero attached hydrogens (tertiary/aromatic N) is 1. The van der Waals surface area contributed by atoms with E-state index in [2.05, 4.69) is 0 Å².